The molecule has 1 unspecified atom stereocenters. The molecule has 0 aliphatic rings. The van der Waals surface area contributed by atoms with Crippen LogP contribution in [-0.2, 0) is 9.53 Å². The maximum Gasteiger partial charge on any atom is 0.460 e. The van der Waals surface area contributed by atoms with E-state index in [1.165, 1.54) is 0 Å². The van der Waals surface area contributed by atoms with Gasteiger partial charge in [0.2, 0.25) is 0 Å². The number of ether oxygens (including phenoxy) is 1. The molecule has 0 spiro atoms. The van der Waals surface area contributed by atoms with Crippen LogP contribution in [0, 0.1) is 5.92 Å². The summed E-state index contributed by atoms with van der Waals surface area (Å²) < 4.78 is 227. The first-order valence-corrected chi connectivity index (χ1v) is 8.04. The zero-order chi connectivity index (χ0) is 28.1. The molecule has 0 aromatic heterocycles. The van der Waals surface area contributed by atoms with Crippen molar-refractivity contribution < 1.29 is 84.2 Å². The molecule has 0 amide bonds. The molecule has 0 rings (SSSR count). The highest BCUT2D eigenvalue weighted by atomic mass is 19.4. The van der Waals surface area contributed by atoms with Gasteiger partial charge in [-0.2, -0.15) is 74.6 Å². The number of alkyl halides is 17. The maximum atomic E-state index is 13.8. The number of rotatable bonds is 10. The summed E-state index contributed by atoms with van der Waals surface area (Å²) in [4.78, 5) is 11.0. The Labute approximate surface area is 177 Å². The summed E-state index contributed by atoms with van der Waals surface area (Å²) >= 11 is 0. The molecule has 34 heavy (non-hydrogen) atoms. The minimum Gasteiger partial charge on any atom is -0.462 e. The fourth-order valence-electron chi connectivity index (χ4n) is 1.91. The molecular formula is C15H11F17O2. The van der Waals surface area contributed by atoms with Crippen molar-refractivity contribution in [1.29, 1.82) is 0 Å². The van der Waals surface area contributed by atoms with Gasteiger partial charge >= 0.3 is 53.6 Å². The van der Waals surface area contributed by atoms with Crippen LogP contribution in [0.3, 0.4) is 0 Å². The van der Waals surface area contributed by atoms with Crippen molar-refractivity contribution in [2.75, 3.05) is 6.61 Å². The average molecular weight is 546 g/mol. The van der Waals surface area contributed by atoms with Gasteiger partial charge in [0.15, 0.2) is 0 Å². The second-order valence-corrected chi connectivity index (χ2v) is 6.85. The Morgan fingerprint density at radius 1 is 0.647 bits per heavy atom. The van der Waals surface area contributed by atoms with Crippen LogP contribution in [0.1, 0.15) is 13.8 Å². The minimum atomic E-state index is -8.68. The lowest BCUT2D eigenvalue weighted by Crippen LogP contribution is -2.75. The third kappa shape index (κ3) is 4.37. The van der Waals surface area contributed by atoms with Gasteiger partial charge in [0.05, 0.1) is 5.92 Å². The summed E-state index contributed by atoms with van der Waals surface area (Å²) in [7, 11) is 0. The first kappa shape index (κ1) is 32.0. The van der Waals surface area contributed by atoms with E-state index in [9.17, 15) is 79.4 Å². The summed E-state index contributed by atoms with van der Waals surface area (Å²) in [6.45, 7) is 1.53. The standard InChI is InChI=1S/C15H11F17O2/c1-5(2)7(33)34-4-6(3)8(16,17)9(18,19)10(20,21)11(22,23)12(24,25)13(26,27)14(28,29)15(30,31)32/h6H,1,4H2,2-3H3. The van der Waals surface area contributed by atoms with E-state index >= 15 is 0 Å². The van der Waals surface area contributed by atoms with Crippen LogP contribution in [0.4, 0.5) is 74.6 Å². The normalized spacial score (nSPS) is 16.3. The second kappa shape index (κ2) is 8.60. The van der Waals surface area contributed by atoms with Crippen LogP contribution in [-0.4, -0.2) is 60.2 Å². The van der Waals surface area contributed by atoms with E-state index in [4.69, 9.17) is 0 Å². The fraction of sp³-hybridized carbons (Fsp3) is 0.800. The van der Waals surface area contributed by atoms with E-state index in [1.807, 2.05) is 0 Å². The first-order valence-electron chi connectivity index (χ1n) is 8.04. The van der Waals surface area contributed by atoms with Gasteiger partial charge in [0.1, 0.15) is 6.61 Å². The smallest absolute Gasteiger partial charge is 0.460 e. The van der Waals surface area contributed by atoms with Crippen LogP contribution in [0.2, 0.25) is 0 Å². The number of carbonyl (C=O) groups is 1. The number of esters is 1. The van der Waals surface area contributed by atoms with Crippen molar-refractivity contribution in [3.63, 3.8) is 0 Å². The predicted octanol–water partition coefficient (Wildman–Crippen LogP) is 6.75. The lowest BCUT2D eigenvalue weighted by molar-refractivity contribution is -0.463. The third-order valence-electron chi connectivity index (χ3n) is 4.18. The van der Waals surface area contributed by atoms with E-state index < -0.39 is 71.7 Å². The van der Waals surface area contributed by atoms with Crippen LogP contribution >= 0.6 is 0 Å². The minimum absolute atomic E-state index is 0.196. The van der Waals surface area contributed by atoms with Crippen LogP contribution in [0.15, 0.2) is 12.2 Å². The molecule has 0 N–H and O–H groups in total. The zero-order valence-corrected chi connectivity index (χ0v) is 16.2. The summed E-state index contributed by atoms with van der Waals surface area (Å²) in [5.74, 6) is -62.0. The van der Waals surface area contributed by atoms with Crippen molar-refractivity contribution in [3.8, 4) is 0 Å². The molecule has 2 nitrogen and oxygen atoms in total. The monoisotopic (exact) mass is 546 g/mol. The molecule has 0 saturated carbocycles. The van der Waals surface area contributed by atoms with Crippen LogP contribution < -0.4 is 0 Å². The Bertz CT molecular complexity index is 780. The molecule has 0 aromatic rings. The molecule has 0 bridgehead atoms. The Morgan fingerprint density at radius 3 is 1.24 bits per heavy atom. The van der Waals surface area contributed by atoms with E-state index in [0.29, 0.717) is 0 Å². The average Bonchev–Trinajstić information content (AvgIpc) is 2.63. The van der Waals surface area contributed by atoms with Gasteiger partial charge in [-0.1, -0.05) is 13.5 Å². The highest BCUT2D eigenvalue weighted by Gasteiger charge is 2.95. The number of carbonyl (C=O) groups excluding carboxylic acids is 1. The van der Waals surface area contributed by atoms with E-state index in [2.05, 4.69) is 11.3 Å². The van der Waals surface area contributed by atoms with Gasteiger partial charge in [0.25, 0.3) is 0 Å². The molecule has 19 heteroatoms. The van der Waals surface area contributed by atoms with Crippen molar-refractivity contribution in [2.45, 2.75) is 61.5 Å². The van der Waals surface area contributed by atoms with E-state index in [1.54, 1.807) is 0 Å². The topological polar surface area (TPSA) is 26.3 Å². The predicted molar refractivity (Wildman–Crippen MR) is 75.6 cm³/mol. The molecule has 0 saturated heterocycles. The zero-order valence-electron chi connectivity index (χ0n) is 16.2. The van der Waals surface area contributed by atoms with Crippen LogP contribution in [0.5, 0.6) is 0 Å². The van der Waals surface area contributed by atoms with Crippen molar-refractivity contribution in [3.05, 3.63) is 12.2 Å². The molecule has 0 radical (unpaired) electrons. The Kier molecular flexibility index (Phi) is 8.10. The molecule has 0 aromatic carbocycles. The number of hydrogen-bond acceptors (Lipinski definition) is 2. The summed E-state index contributed by atoms with van der Waals surface area (Å²) in [5.41, 5.74) is -0.591. The SMILES string of the molecule is C=C(C)C(=O)OCC(C)C(F)(F)C(F)(F)C(F)(F)C(F)(F)C(F)(F)C(F)(F)C(F)(F)C(F)(F)F. The van der Waals surface area contributed by atoms with Gasteiger partial charge < -0.3 is 4.74 Å². The molecule has 202 valence electrons. The van der Waals surface area contributed by atoms with Crippen molar-refractivity contribution in [1.82, 2.24) is 0 Å². The maximum absolute atomic E-state index is 13.8. The summed E-state index contributed by atoms with van der Waals surface area (Å²) in [5, 5.41) is 0. The van der Waals surface area contributed by atoms with Gasteiger partial charge in [-0.05, 0) is 6.92 Å². The van der Waals surface area contributed by atoms with Crippen molar-refractivity contribution >= 4 is 5.97 Å². The third-order valence-corrected chi connectivity index (χ3v) is 4.18. The van der Waals surface area contributed by atoms with E-state index in [0.717, 1.165) is 6.92 Å². The molecule has 0 aliphatic carbocycles. The Balaban J connectivity index is 6.54. The molecule has 0 fully saturated rings. The molecule has 0 aliphatic heterocycles. The quantitative estimate of drug-likeness (QED) is 0.172. The number of halogens is 17. The second-order valence-electron chi connectivity index (χ2n) is 6.85. The largest absolute Gasteiger partial charge is 0.462 e. The van der Waals surface area contributed by atoms with Gasteiger partial charge in [-0.3, -0.25) is 0 Å². The highest BCUT2D eigenvalue weighted by molar-refractivity contribution is 5.86. The Morgan fingerprint density at radius 2 is 0.941 bits per heavy atom. The lowest BCUT2D eigenvalue weighted by atomic mass is 9.86. The van der Waals surface area contributed by atoms with Crippen molar-refractivity contribution in [2.24, 2.45) is 5.92 Å². The van der Waals surface area contributed by atoms with Gasteiger partial charge in [0, 0.05) is 5.57 Å². The van der Waals surface area contributed by atoms with Gasteiger partial charge in [-0.25, -0.2) is 4.79 Å². The molecule has 0 heterocycles. The first-order chi connectivity index (χ1) is 14.5. The Hall–Kier alpha value is -1.98. The molecule has 1 atom stereocenters. The van der Waals surface area contributed by atoms with Gasteiger partial charge in [-0.15, -0.1) is 0 Å². The summed E-state index contributed by atoms with van der Waals surface area (Å²) in [6.07, 6.45) is -7.81. The van der Waals surface area contributed by atoms with E-state index in [-0.39, 0.29) is 6.92 Å². The van der Waals surface area contributed by atoms with Crippen LogP contribution in [0.25, 0.3) is 0 Å². The lowest BCUT2D eigenvalue weighted by Gasteiger charge is -2.43. The number of hydrogen-bond donors (Lipinski definition) is 0. The highest BCUT2D eigenvalue weighted by Crippen LogP contribution is 2.64. The fourth-order valence-corrected chi connectivity index (χ4v) is 1.91. The summed E-state index contributed by atoms with van der Waals surface area (Å²) in [6, 6.07) is 0. The molecular weight excluding hydrogens is 535 g/mol.